The Labute approximate surface area is 134 Å². The third-order valence-electron chi connectivity index (χ3n) is 4.98. The molecule has 0 spiro atoms. The molecule has 0 saturated carbocycles. The lowest BCUT2D eigenvalue weighted by molar-refractivity contribution is 0.0298. The second-order valence-electron chi connectivity index (χ2n) is 6.54. The van der Waals surface area contributed by atoms with Gasteiger partial charge in [-0.1, -0.05) is 23.7 Å². The fourth-order valence-corrected chi connectivity index (χ4v) is 3.36. The van der Waals surface area contributed by atoms with E-state index in [2.05, 4.69) is 42.8 Å². The second kappa shape index (κ2) is 7.10. The van der Waals surface area contributed by atoms with Gasteiger partial charge < -0.3 is 10.6 Å². The van der Waals surface area contributed by atoms with E-state index in [1.54, 1.807) is 0 Å². The highest BCUT2D eigenvalue weighted by atomic mass is 35.5. The predicted octanol–water partition coefficient (Wildman–Crippen LogP) is 2.97. The molecule has 3 nitrogen and oxygen atoms in total. The van der Waals surface area contributed by atoms with Crippen LogP contribution in [0.4, 0.5) is 0 Å². The standard InChI is InChI=1S/C17H28ClN3/c1-14(2)21-10-8-17(13-19,9-11-21)20(3)12-15-4-6-16(18)7-5-15/h4-7,14H,8-13,19H2,1-3H3. The van der Waals surface area contributed by atoms with Crippen LogP contribution in [0.2, 0.25) is 5.02 Å². The van der Waals surface area contributed by atoms with Crippen LogP contribution in [0.25, 0.3) is 0 Å². The van der Waals surface area contributed by atoms with Crippen molar-refractivity contribution in [1.82, 2.24) is 9.80 Å². The van der Waals surface area contributed by atoms with E-state index in [0.717, 1.165) is 44.0 Å². The van der Waals surface area contributed by atoms with Gasteiger partial charge in [0.05, 0.1) is 0 Å². The minimum Gasteiger partial charge on any atom is -0.329 e. The number of nitrogens with two attached hydrogens (primary N) is 1. The number of likely N-dealkylation sites (tertiary alicyclic amines) is 1. The minimum atomic E-state index is 0.130. The van der Waals surface area contributed by atoms with Gasteiger partial charge >= 0.3 is 0 Å². The molecular weight excluding hydrogens is 282 g/mol. The number of hydrogen-bond acceptors (Lipinski definition) is 3. The number of likely N-dealkylation sites (N-methyl/N-ethyl adjacent to an activating group) is 1. The molecule has 1 heterocycles. The molecule has 0 bridgehead atoms. The summed E-state index contributed by atoms with van der Waals surface area (Å²) in [6.07, 6.45) is 2.29. The Morgan fingerprint density at radius 2 is 1.81 bits per heavy atom. The van der Waals surface area contributed by atoms with Gasteiger partial charge in [0.25, 0.3) is 0 Å². The molecule has 0 radical (unpaired) electrons. The molecule has 1 aliphatic heterocycles. The largest absolute Gasteiger partial charge is 0.329 e. The smallest absolute Gasteiger partial charge is 0.0406 e. The summed E-state index contributed by atoms with van der Waals surface area (Å²) >= 11 is 5.96. The van der Waals surface area contributed by atoms with E-state index in [1.165, 1.54) is 5.56 Å². The summed E-state index contributed by atoms with van der Waals surface area (Å²) < 4.78 is 0. The number of hydrogen-bond donors (Lipinski definition) is 1. The zero-order valence-electron chi connectivity index (χ0n) is 13.5. The zero-order chi connectivity index (χ0) is 15.5. The highest BCUT2D eigenvalue weighted by Gasteiger charge is 2.37. The average Bonchev–Trinajstić information content (AvgIpc) is 2.49. The molecule has 0 unspecified atom stereocenters. The lowest BCUT2D eigenvalue weighted by atomic mass is 9.85. The van der Waals surface area contributed by atoms with E-state index in [-0.39, 0.29) is 5.54 Å². The summed E-state index contributed by atoms with van der Waals surface area (Å²) in [6.45, 7) is 8.47. The van der Waals surface area contributed by atoms with Gasteiger partial charge in [0.1, 0.15) is 0 Å². The number of rotatable bonds is 5. The Morgan fingerprint density at radius 1 is 1.24 bits per heavy atom. The van der Waals surface area contributed by atoms with E-state index in [4.69, 9.17) is 17.3 Å². The average molecular weight is 310 g/mol. The monoisotopic (exact) mass is 309 g/mol. The normalized spacial score (nSPS) is 19.4. The quantitative estimate of drug-likeness (QED) is 0.907. The van der Waals surface area contributed by atoms with E-state index in [1.807, 2.05) is 12.1 Å². The van der Waals surface area contributed by atoms with Crippen LogP contribution in [0.3, 0.4) is 0 Å². The number of halogens is 1. The first kappa shape index (κ1) is 16.8. The van der Waals surface area contributed by atoms with Gasteiger partial charge in [0, 0.05) is 42.8 Å². The zero-order valence-corrected chi connectivity index (χ0v) is 14.2. The Hall–Kier alpha value is -0.610. The highest BCUT2D eigenvalue weighted by molar-refractivity contribution is 6.30. The van der Waals surface area contributed by atoms with Crippen LogP contribution in [-0.2, 0) is 6.54 Å². The summed E-state index contributed by atoms with van der Waals surface area (Å²) in [7, 11) is 2.20. The van der Waals surface area contributed by atoms with Crippen molar-refractivity contribution in [1.29, 1.82) is 0 Å². The van der Waals surface area contributed by atoms with Gasteiger partial charge in [-0.3, -0.25) is 4.90 Å². The van der Waals surface area contributed by atoms with Gasteiger partial charge in [-0.2, -0.15) is 0 Å². The van der Waals surface area contributed by atoms with Crippen molar-refractivity contribution in [2.45, 2.75) is 44.8 Å². The molecule has 4 heteroatoms. The Kier molecular flexibility index (Phi) is 5.67. The van der Waals surface area contributed by atoms with Gasteiger partial charge in [-0.15, -0.1) is 0 Å². The van der Waals surface area contributed by atoms with E-state index in [0.29, 0.717) is 6.04 Å². The predicted molar refractivity (Wildman–Crippen MR) is 90.6 cm³/mol. The summed E-state index contributed by atoms with van der Waals surface area (Å²) in [4.78, 5) is 4.98. The lowest BCUT2D eigenvalue weighted by Crippen LogP contribution is -2.58. The van der Waals surface area contributed by atoms with Crippen molar-refractivity contribution in [3.8, 4) is 0 Å². The lowest BCUT2D eigenvalue weighted by Gasteiger charge is -2.48. The molecule has 0 amide bonds. The SMILES string of the molecule is CC(C)N1CCC(CN)(N(C)Cc2ccc(Cl)cc2)CC1. The minimum absolute atomic E-state index is 0.130. The molecule has 0 atom stereocenters. The fourth-order valence-electron chi connectivity index (χ4n) is 3.23. The Bertz CT molecular complexity index is 436. The van der Waals surface area contributed by atoms with E-state index < -0.39 is 0 Å². The maximum absolute atomic E-state index is 6.16. The molecule has 1 aromatic carbocycles. The summed E-state index contributed by atoms with van der Waals surface area (Å²) in [5.74, 6) is 0. The molecule has 2 N–H and O–H groups in total. The summed E-state index contributed by atoms with van der Waals surface area (Å²) in [5.41, 5.74) is 7.58. The van der Waals surface area contributed by atoms with Crippen LogP contribution in [0.5, 0.6) is 0 Å². The maximum Gasteiger partial charge on any atom is 0.0406 e. The van der Waals surface area contributed by atoms with Gasteiger partial charge in [-0.05, 0) is 51.4 Å². The number of benzene rings is 1. The number of nitrogens with zero attached hydrogens (tertiary/aromatic N) is 2. The van der Waals surface area contributed by atoms with Crippen LogP contribution in [-0.4, -0.2) is 48.1 Å². The first-order chi connectivity index (χ1) is 9.97. The summed E-state index contributed by atoms with van der Waals surface area (Å²) in [5, 5.41) is 0.792. The molecule has 0 aromatic heterocycles. The molecule has 1 aliphatic rings. The Balaban J connectivity index is 2.01. The van der Waals surface area contributed by atoms with Crippen LogP contribution >= 0.6 is 11.6 Å². The van der Waals surface area contributed by atoms with Gasteiger partial charge in [0.15, 0.2) is 0 Å². The first-order valence-corrected chi connectivity index (χ1v) is 8.24. The van der Waals surface area contributed by atoms with Crippen molar-refractivity contribution < 1.29 is 0 Å². The molecule has 0 aliphatic carbocycles. The third kappa shape index (κ3) is 3.98. The van der Waals surface area contributed by atoms with Crippen molar-refractivity contribution in [3.05, 3.63) is 34.9 Å². The first-order valence-electron chi connectivity index (χ1n) is 7.87. The van der Waals surface area contributed by atoms with Crippen LogP contribution in [0.1, 0.15) is 32.3 Å². The molecule has 21 heavy (non-hydrogen) atoms. The fraction of sp³-hybridized carbons (Fsp3) is 0.647. The number of piperidine rings is 1. The molecule has 2 rings (SSSR count). The molecular formula is C17H28ClN3. The second-order valence-corrected chi connectivity index (χ2v) is 6.98. The van der Waals surface area contributed by atoms with Crippen LogP contribution < -0.4 is 5.73 Å². The van der Waals surface area contributed by atoms with Gasteiger partial charge in [0.2, 0.25) is 0 Å². The molecule has 1 saturated heterocycles. The topological polar surface area (TPSA) is 32.5 Å². The van der Waals surface area contributed by atoms with E-state index >= 15 is 0 Å². The molecule has 118 valence electrons. The van der Waals surface area contributed by atoms with Crippen molar-refractivity contribution in [2.24, 2.45) is 5.73 Å². The van der Waals surface area contributed by atoms with E-state index in [9.17, 15) is 0 Å². The third-order valence-corrected chi connectivity index (χ3v) is 5.23. The molecule has 1 fully saturated rings. The van der Waals surface area contributed by atoms with Crippen molar-refractivity contribution in [3.63, 3.8) is 0 Å². The maximum atomic E-state index is 6.16. The van der Waals surface area contributed by atoms with Crippen molar-refractivity contribution in [2.75, 3.05) is 26.7 Å². The highest BCUT2D eigenvalue weighted by Crippen LogP contribution is 2.29. The van der Waals surface area contributed by atoms with Gasteiger partial charge in [-0.25, -0.2) is 0 Å². The summed E-state index contributed by atoms with van der Waals surface area (Å²) in [6, 6.07) is 8.75. The van der Waals surface area contributed by atoms with Crippen LogP contribution in [0.15, 0.2) is 24.3 Å². The Morgan fingerprint density at radius 3 is 2.29 bits per heavy atom. The molecule has 1 aromatic rings. The van der Waals surface area contributed by atoms with Crippen molar-refractivity contribution >= 4 is 11.6 Å². The van der Waals surface area contributed by atoms with Crippen LogP contribution in [0, 0.1) is 0 Å².